The number of hydrogen-bond acceptors (Lipinski definition) is 8. The summed E-state index contributed by atoms with van der Waals surface area (Å²) in [6.45, 7) is 15.5. The molecule has 2 aromatic heterocycles. The van der Waals surface area contributed by atoms with Crippen LogP contribution in [0.2, 0.25) is 0 Å². The highest BCUT2D eigenvalue weighted by molar-refractivity contribution is 6.13. The van der Waals surface area contributed by atoms with Gasteiger partial charge in [-0.25, -0.2) is 9.97 Å². The van der Waals surface area contributed by atoms with E-state index in [1.165, 1.54) is 23.1 Å². The predicted octanol–water partition coefficient (Wildman–Crippen LogP) is 6.77. The summed E-state index contributed by atoms with van der Waals surface area (Å²) in [7, 11) is 0. The standard InChI is InChI=1S/C35H43N5O5.C2H6/c1-6-7-11-27-38-30-31(39(27)21-22-9-8-10-26(41)32(22)44)24-13-12-23(20-25(24)37-33(30)36)34(2,3)16-18-45-19-17-35(4,5)40-28(42)14-15-29(40)43;1-2/h8-10,12-15,20,41,44H,6-7,11,16-19,21H2,1-5H3,(H2,36,37);1-2H3. The molecular formula is C37H49N5O5. The molecule has 2 amide bonds. The largest absolute Gasteiger partial charge is 0.504 e. The van der Waals surface area contributed by atoms with Crippen molar-refractivity contribution < 1.29 is 24.5 Å². The van der Waals surface area contributed by atoms with Gasteiger partial charge in [-0.1, -0.05) is 65.3 Å². The minimum absolute atomic E-state index is 0.142. The highest BCUT2D eigenvalue weighted by Crippen LogP contribution is 2.36. The van der Waals surface area contributed by atoms with Crippen molar-refractivity contribution in [1.29, 1.82) is 0 Å². The Hall–Kier alpha value is -4.44. The Kier molecular flexibility index (Phi) is 11.0. The second-order valence-corrected chi connectivity index (χ2v) is 13.1. The molecule has 4 aromatic rings. The number of ether oxygens (including phenoxy) is 1. The number of phenolic OH excluding ortho intramolecular Hbond substituents is 2. The minimum Gasteiger partial charge on any atom is -0.504 e. The number of imidazole rings is 1. The van der Waals surface area contributed by atoms with Crippen LogP contribution in [0.1, 0.15) is 91.1 Å². The van der Waals surface area contributed by atoms with Gasteiger partial charge in [0.1, 0.15) is 11.3 Å². The summed E-state index contributed by atoms with van der Waals surface area (Å²) in [5.41, 5.74) is 9.55. The van der Waals surface area contributed by atoms with E-state index in [1.807, 2.05) is 27.7 Å². The average molecular weight is 644 g/mol. The maximum absolute atomic E-state index is 12.1. The number of amides is 2. The zero-order valence-electron chi connectivity index (χ0n) is 28.8. The van der Waals surface area contributed by atoms with Gasteiger partial charge in [0.25, 0.3) is 11.8 Å². The van der Waals surface area contributed by atoms with E-state index in [0.29, 0.717) is 43.1 Å². The Labute approximate surface area is 277 Å². The summed E-state index contributed by atoms with van der Waals surface area (Å²) < 4.78 is 8.07. The number of para-hydroxylation sites is 1. The Bertz CT molecular complexity index is 1770. The maximum atomic E-state index is 12.1. The number of nitrogens with zero attached hydrogens (tertiary/aromatic N) is 4. The summed E-state index contributed by atoms with van der Waals surface area (Å²) in [5.74, 6) is 0.331. The smallest absolute Gasteiger partial charge is 0.254 e. The van der Waals surface area contributed by atoms with Crippen LogP contribution in [-0.2, 0) is 32.7 Å². The molecule has 0 aliphatic carbocycles. The van der Waals surface area contributed by atoms with Crippen LogP contribution < -0.4 is 5.73 Å². The molecule has 1 aliphatic heterocycles. The number of unbranched alkanes of at least 4 members (excludes halogenated alkanes) is 1. The zero-order chi connectivity index (χ0) is 34.5. The minimum atomic E-state index is -0.634. The topological polar surface area (TPSA) is 144 Å². The fraction of sp³-hybridized carbons (Fsp3) is 0.459. The molecule has 0 bridgehead atoms. The lowest BCUT2D eigenvalue weighted by Crippen LogP contribution is -2.48. The molecule has 2 aromatic carbocycles. The number of carbonyl (C=O) groups is 2. The van der Waals surface area contributed by atoms with Crippen molar-refractivity contribution in [1.82, 2.24) is 19.4 Å². The first-order chi connectivity index (χ1) is 22.3. The highest BCUT2D eigenvalue weighted by Gasteiger charge is 2.36. The second-order valence-electron chi connectivity index (χ2n) is 13.1. The SMILES string of the molecule is CC.CCCCc1nc2c(N)nc3cc(C(C)(C)CCOCCC(C)(C)N4C(=O)C=CC4=O)ccc3c2n1Cc1cccc(O)c1O. The number of aromatic nitrogens is 3. The van der Waals surface area contributed by atoms with Gasteiger partial charge in [-0.05, 0) is 56.2 Å². The van der Waals surface area contributed by atoms with Crippen LogP contribution in [0.4, 0.5) is 5.82 Å². The van der Waals surface area contributed by atoms with Gasteiger partial charge < -0.3 is 25.3 Å². The Morgan fingerprint density at radius 2 is 1.62 bits per heavy atom. The molecule has 5 rings (SSSR count). The predicted molar refractivity (Wildman–Crippen MR) is 186 cm³/mol. The summed E-state index contributed by atoms with van der Waals surface area (Å²) in [6, 6.07) is 11.2. The van der Waals surface area contributed by atoms with Gasteiger partial charge >= 0.3 is 0 Å². The molecule has 10 nitrogen and oxygen atoms in total. The third kappa shape index (κ3) is 7.43. The van der Waals surface area contributed by atoms with Crippen LogP contribution in [0, 0.1) is 0 Å². The van der Waals surface area contributed by atoms with Gasteiger partial charge in [0.05, 0.1) is 17.6 Å². The van der Waals surface area contributed by atoms with E-state index in [-0.39, 0.29) is 28.7 Å². The van der Waals surface area contributed by atoms with Crippen molar-refractivity contribution in [2.75, 3.05) is 18.9 Å². The molecule has 1 aliphatic rings. The van der Waals surface area contributed by atoms with Gasteiger partial charge in [0.15, 0.2) is 17.3 Å². The number of hydrogen-bond donors (Lipinski definition) is 3. The Balaban J connectivity index is 0.00000245. The third-order valence-electron chi connectivity index (χ3n) is 8.89. The van der Waals surface area contributed by atoms with Crippen LogP contribution in [0.15, 0.2) is 48.6 Å². The quantitative estimate of drug-likeness (QED) is 0.0822. The van der Waals surface area contributed by atoms with E-state index in [1.54, 1.807) is 12.1 Å². The number of rotatable bonds is 13. The highest BCUT2D eigenvalue weighted by atomic mass is 16.5. The number of aryl methyl sites for hydroxylation is 1. The third-order valence-corrected chi connectivity index (χ3v) is 8.89. The van der Waals surface area contributed by atoms with Gasteiger partial charge in [-0.2, -0.15) is 0 Å². The maximum Gasteiger partial charge on any atom is 0.254 e. The van der Waals surface area contributed by atoms with Crippen LogP contribution >= 0.6 is 0 Å². The van der Waals surface area contributed by atoms with Crippen molar-refractivity contribution >= 4 is 39.6 Å². The number of pyridine rings is 1. The number of nitrogen functional groups attached to an aromatic ring is 1. The van der Waals surface area contributed by atoms with Crippen molar-refractivity contribution in [2.45, 2.75) is 98.1 Å². The van der Waals surface area contributed by atoms with Crippen molar-refractivity contribution in [3.63, 3.8) is 0 Å². The number of benzene rings is 2. The first-order valence-electron chi connectivity index (χ1n) is 16.6. The van der Waals surface area contributed by atoms with Crippen LogP contribution in [-0.4, -0.2) is 60.2 Å². The molecular weight excluding hydrogens is 594 g/mol. The Morgan fingerprint density at radius 3 is 2.30 bits per heavy atom. The van der Waals surface area contributed by atoms with E-state index in [0.717, 1.165) is 53.5 Å². The number of anilines is 1. The first kappa shape index (κ1) is 35.4. The van der Waals surface area contributed by atoms with Gasteiger partial charge in [-0.15, -0.1) is 0 Å². The summed E-state index contributed by atoms with van der Waals surface area (Å²) in [4.78, 5) is 35.2. The zero-order valence-corrected chi connectivity index (χ0v) is 28.8. The van der Waals surface area contributed by atoms with Crippen molar-refractivity contribution in [3.05, 3.63) is 65.5 Å². The van der Waals surface area contributed by atoms with E-state index in [4.69, 9.17) is 20.4 Å². The van der Waals surface area contributed by atoms with E-state index in [2.05, 4.69) is 43.5 Å². The summed E-state index contributed by atoms with van der Waals surface area (Å²) in [6.07, 6.45) is 6.60. The van der Waals surface area contributed by atoms with Gasteiger partial charge in [0, 0.05) is 48.3 Å². The number of imide groups is 1. The molecule has 0 saturated heterocycles. The lowest BCUT2D eigenvalue weighted by Gasteiger charge is -2.34. The molecule has 10 heteroatoms. The molecule has 3 heterocycles. The van der Waals surface area contributed by atoms with Crippen LogP contribution in [0.25, 0.3) is 21.9 Å². The molecule has 0 atom stereocenters. The van der Waals surface area contributed by atoms with E-state index < -0.39 is 5.54 Å². The summed E-state index contributed by atoms with van der Waals surface area (Å²) in [5, 5.41) is 21.6. The van der Waals surface area contributed by atoms with E-state index in [9.17, 15) is 19.8 Å². The van der Waals surface area contributed by atoms with Crippen molar-refractivity contribution in [2.24, 2.45) is 0 Å². The monoisotopic (exact) mass is 643 g/mol. The number of carbonyl (C=O) groups excluding carboxylic acids is 2. The lowest BCUT2D eigenvalue weighted by atomic mass is 9.81. The molecule has 0 fully saturated rings. The number of nitrogens with two attached hydrogens (primary N) is 1. The van der Waals surface area contributed by atoms with Gasteiger partial charge in [0.2, 0.25) is 0 Å². The van der Waals surface area contributed by atoms with Crippen LogP contribution in [0.5, 0.6) is 11.5 Å². The second kappa shape index (κ2) is 14.5. The molecule has 0 saturated carbocycles. The first-order valence-corrected chi connectivity index (χ1v) is 16.6. The molecule has 47 heavy (non-hydrogen) atoms. The molecule has 252 valence electrons. The molecule has 0 unspecified atom stereocenters. The fourth-order valence-electron chi connectivity index (χ4n) is 5.95. The molecule has 0 radical (unpaired) electrons. The lowest BCUT2D eigenvalue weighted by molar-refractivity contribution is -0.143. The number of fused-ring (bicyclic) bond motifs is 3. The fourth-order valence-corrected chi connectivity index (χ4v) is 5.95. The summed E-state index contributed by atoms with van der Waals surface area (Å²) >= 11 is 0. The van der Waals surface area contributed by atoms with Crippen LogP contribution in [0.3, 0.4) is 0 Å². The number of aromatic hydroxyl groups is 2. The Morgan fingerprint density at radius 1 is 0.936 bits per heavy atom. The van der Waals surface area contributed by atoms with Crippen molar-refractivity contribution in [3.8, 4) is 11.5 Å². The normalized spacial score (nSPS) is 13.6. The van der Waals surface area contributed by atoms with Gasteiger partial charge in [-0.3, -0.25) is 14.5 Å². The average Bonchev–Trinajstić information content (AvgIpc) is 3.58. The molecule has 0 spiro atoms. The molecule has 4 N–H and O–H groups in total. The number of phenols is 2. The van der Waals surface area contributed by atoms with E-state index >= 15 is 0 Å².